The molecule has 2 atom stereocenters. The standard InChI is InChI=1S/C98H185NO8/c1-6-8-10-12-14-16-18-20-22-24-26-28-30-32-34-36-38-40-42-44-46-48-50-52-54-56-58-60-62-64-66-68-70-72-74-76-78-80-82-84-86-88-95(100)105-92-94(93-106-98(97(102)103)104-91-90-99(3,4)5)107-96(101)89-87-85-83-81-79-77-75-73-71-69-67-65-63-61-59-57-55-53-51-49-47-45-43-41-39-37-35-33-31-29-27-25-23-21-19-17-15-13-11-9-7-2/h18-21,24-27,94,98H,6-17,22-23,28-93H2,1-5H3/b20-18-,21-19-,26-24-,27-25-. The quantitative estimate of drug-likeness (QED) is 0.0195. The minimum atomic E-state index is -1.62. The molecule has 0 aliphatic carbocycles. The smallest absolute Gasteiger partial charge is 0.306 e. The van der Waals surface area contributed by atoms with Crippen LogP contribution in [-0.2, 0) is 33.3 Å². The third-order valence-electron chi connectivity index (χ3n) is 22.0. The molecule has 630 valence electrons. The Morgan fingerprint density at radius 1 is 0.280 bits per heavy atom. The zero-order valence-corrected chi connectivity index (χ0v) is 72.6. The highest BCUT2D eigenvalue weighted by atomic mass is 16.7. The van der Waals surface area contributed by atoms with Crippen molar-refractivity contribution in [3.8, 4) is 0 Å². The SMILES string of the molecule is CCCCCCC/C=C\C/C=C\CCCCCCCCCCCCCCCCCCCCCCCCCCCCCCCC(=O)OCC(COC(OCC[N+](C)(C)C)C(=O)[O-])OC(=O)CCCCCCCCCCCCCCCCCCCCCCCCCCCCCCC/C=C\C/C=C\CCCCCCC. The Morgan fingerprint density at radius 2 is 0.505 bits per heavy atom. The van der Waals surface area contributed by atoms with Crippen molar-refractivity contribution < 1.29 is 42.9 Å². The maximum Gasteiger partial charge on any atom is 0.306 e. The van der Waals surface area contributed by atoms with E-state index >= 15 is 0 Å². The number of nitrogens with zero attached hydrogens (tertiary/aromatic N) is 1. The van der Waals surface area contributed by atoms with Gasteiger partial charge in [0, 0.05) is 12.8 Å². The van der Waals surface area contributed by atoms with E-state index in [9.17, 15) is 19.5 Å². The largest absolute Gasteiger partial charge is 0.545 e. The summed E-state index contributed by atoms with van der Waals surface area (Å²) >= 11 is 0. The average Bonchev–Trinajstić information content (AvgIpc) is 0.928. The van der Waals surface area contributed by atoms with E-state index in [-0.39, 0.29) is 32.2 Å². The number of esters is 2. The first-order chi connectivity index (χ1) is 52.6. The zero-order valence-electron chi connectivity index (χ0n) is 72.6. The number of allylic oxidation sites excluding steroid dienone is 8. The maximum atomic E-state index is 13.0. The van der Waals surface area contributed by atoms with Gasteiger partial charge in [-0.2, -0.15) is 0 Å². The van der Waals surface area contributed by atoms with Crippen LogP contribution < -0.4 is 5.11 Å². The van der Waals surface area contributed by atoms with E-state index in [1.165, 1.54) is 424 Å². The van der Waals surface area contributed by atoms with E-state index in [0.29, 0.717) is 17.4 Å². The van der Waals surface area contributed by atoms with Gasteiger partial charge >= 0.3 is 11.9 Å². The van der Waals surface area contributed by atoms with Crippen molar-refractivity contribution in [2.75, 3.05) is 47.5 Å². The number of ether oxygens (including phenoxy) is 4. The zero-order chi connectivity index (χ0) is 77.4. The first-order valence-electron chi connectivity index (χ1n) is 47.8. The summed E-state index contributed by atoms with van der Waals surface area (Å²) in [6.07, 6.45) is 116. The van der Waals surface area contributed by atoms with Crippen molar-refractivity contribution in [3.05, 3.63) is 48.6 Å². The molecule has 9 nitrogen and oxygen atoms in total. The van der Waals surface area contributed by atoms with Gasteiger partial charge in [-0.25, -0.2) is 0 Å². The first-order valence-corrected chi connectivity index (χ1v) is 47.8. The van der Waals surface area contributed by atoms with Crippen LogP contribution in [0.4, 0.5) is 0 Å². The van der Waals surface area contributed by atoms with Gasteiger partial charge in [-0.15, -0.1) is 0 Å². The molecule has 0 spiro atoms. The summed E-state index contributed by atoms with van der Waals surface area (Å²) in [5.41, 5.74) is 0. The molecule has 0 amide bonds. The number of carbonyl (C=O) groups is 3. The van der Waals surface area contributed by atoms with Gasteiger partial charge in [-0.3, -0.25) is 9.59 Å². The van der Waals surface area contributed by atoms with E-state index in [2.05, 4.69) is 62.5 Å². The van der Waals surface area contributed by atoms with Crippen LogP contribution in [0.5, 0.6) is 0 Å². The topological polar surface area (TPSA) is 111 Å². The maximum absolute atomic E-state index is 13.0. The van der Waals surface area contributed by atoms with Gasteiger partial charge in [0.05, 0.1) is 40.3 Å². The van der Waals surface area contributed by atoms with Crippen molar-refractivity contribution in [1.82, 2.24) is 0 Å². The molecule has 0 heterocycles. The van der Waals surface area contributed by atoms with Gasteiger partial charge in [0.1, 0.15) is 13.2 Å². The minimum Gasteiger partial charge on any atom is -0.545 e. The van der Waals surface area contributed by atoms with Gasteiger partial charge in [0.15, 0.2) is 12.4 Å². The number of carboxylic acids is 1. The van der Waals surface area contributed by atoms with Crippen molar-refractivity contribution in [3.63, 3.8) is 0 Å². The number of hydrogen-bond acceptors (Lipinski definition) is 8. The van der Waals surface area contributed by atoms with Crippen molar-refractivity contribution in [2.24, 2.45) is 0 Å². The number of carbonyl (C=O) groups excluding carboxylic acids is 3. The molecule has 0 aromatic heterocycles. The van der Waals surface area contributed by atoms with Gasteiger partial charge in [-0.1, -0.05) is 461 Å². The van der Waals surface area contributed by atoms with Crippen LogP contribution >= 0.6 is 0 Å². The second-order valence-electron chi connectivity index (χ2n) is 34.0. The molecule has 0 bridgehead atoms. The monoisotopic (exact) mass is 1500 g/mol. The van der Waals surface area contributed by atoms with E-state index in [0.717, 1.165) is 51.4 Å². The predicted octanol–water partition coefficient (Wildman–Crippen LogP) is 30.2. The van der Waals surface area contributed by atoms with Crippen molar-refractivity contribution in [2.45, 2.75) is 514 Å². The summed E-state index contributed by atoms with van der Waals surface area (Å²) in [4.78, 5) is 37.7. The molecule has 0 rings (SSSR count). The van der Waals surface area contributed by atoms with Crippen LogP contribution in [0, 0.1) is 0 Å². The number of unbranched alkanes of at least 4 members (excludes halogenated alkanes) is 68. The van der Waals surface area contributed by atoms with Crippen LogP contribution in [0.25, 0.3) is 0 Å². The third-order valence-corrected chi connectivity index (χ3v) is 22.0. The Hall–Kier alpha value is -2.75. The molecule has 0 aromatic carbocycles. The fourth-order valence-electron chi connectivity index (χ4n) is 14.8. The highest BCUT2D eigenvalue weighted by Crippen LogP contribution is 2.22. The molecule has 0 aromatic rings. The molecule has 0 saturated heterocycles. The van der Waals surface area contributed by atoms with Crippen LogP contribution in [0.1, 0.15) is 502 Å². The van der Waals surface area contributed by atoms with E-state index in [1.54, 1.807) is 0 Å². The lowest BCUT2D eigenvalue weighted by atomic mass is 10.0. The van der Waals surface area contributed by atoms with Crippen LogP contribution in [-0.4, -0.2) is 82.3 Å². The predicted molar refractivity (Wildman–Crippen MR) is 463 cm³/mol. The Kier molecular flexibility index (Phi) is 86.5. The first kappa shape index (κ1) is 104. The highest BCUT2D eigenvalue weighted by molar-refractivity contribution is 5.70. The minimum absolute atomic E-state index is 0.152. The summed E-state index contributed by atoms with van der Waals surface area (Å²) in [5.74, 6) is -2.24. The Balaban J connectivity index is 3.85. The van der Waals surface area contributed by atoms with Gasteiger partial charge in [0.2, 0.25) is 0 Å². The average molecular weight is 1510 g/mol. The summed E-state index contributed by atoms with van der Waals surface area (Å²) in [5, 5.41) is 11.9. The van der Waals surface area contributed by atoms with Crippen LogP contribution in [0.3, 0.4) is 0 Å². The molecule has 0 radical (unpaired) electrons. The fraction of sp³-hybridized carbons (Fsp3) is 0.888. The normalized spacial score (nSPS) is 12.7. The number of aliphatic carboxylic acids is 1. The number of rotatable bonds is 91. The number of hydrogen-bond donors (Lipinski definition) is 0. The lowest BCUT2D eigenvalue weighted by Crippen LogP contribution is -2.44. The Morgan fingerprint density at radius 3 is 0.738 bits per heavy atom. The molecule has 2 unspecified atom stereocenters. The van der Waals surface area contributed by atoms with Crippen molar-refractivity contribution >= 4 is 17.9 Å². The molecule has 9 heteroatoms. The second kappa shape index (κ2) is 88.8. The number of likely N-dealkylation sites (N-methyl/N-ethyl adjacent to an activating group) is 1. The number of carboxylic acid groups (broad SMARTS) is 1. The Labute approximate surface area is 667 Å². The number of quaternary nitrogens is 1. The summed E-state index contributed by atoms with van der Waals surface area (Å²) in [7, 11) is 5.96. The lowest BCUT2D eigenvalue weighted by Gasteiger charge is -2.26. The van der Waals surface area contributed by atoms with Crippen LogP contribution in [0.15, 0.2) is 48.6 Å². The van der Waals surface area contributed by atoms with Gasteiger partial charge < -0.3 is 33.3 Å². The molecule has 0 saturated carbocycles. The molecule has 0 aliphatic heterocycles. The van der Waals surface area contributed by atoms with E-state index < -0.39 is 24.3 Å². The van der Waals surface area contributed by atoms with Crippen LogP contribution in [0.2, 0.25) is 0 Å². The molecule has 0 fully saturated rings. The Bertz CT molecular complexity index is 1910. The van der Waals surface area contributed by atoms with Gasteiger partial charge in [0.25, 0.3) is 0 Å². The van der Waals surface area contributed by atoms with Crippen molar-refractivity contribution in [1.29, 1.82) is 0 Å². The molecular weight excluding hydrogens is 1320 g/mol. The summed E-state index contributed by atoms with van der Waals surface area (Å²) in [6, 6.07) is 0. The lowest BCUT2D eigenvalue weighted by molar-refractivity contribution is -0.870. The highest BCUT2D eigenvalue weighted by Gasteiger charge is 2.22. The second-order valence-corrected chi connectivity index (χ2v) is 34.0. The fourth-order valence-corrected chi connectivity index (χ4v) is 14.8. The molecule has 0 N–H and O–H groups in total. The summed E-state index contributed by atoms with van der Waals surface area (Å²) < 4.78 is 23.0. The third kappa shape index (κ3) is 90.3. The molecule has 0 aliphatic rings. The summed E-state index contributed by atoms with van der Waals surface area (Å²) in [6.45, 7) is 4.82. The molecular formula is C98H185NO8. The molecule has 107 heavy (non-hydrogen) atoms. The van der Waals surface area contributed by atoms with Gasteiger partial charge in [-0.05, 0) is 77.0 Å². The van der Waals surface area contributed by atoms with E-state index in [1.807, 2.05) is 21.1 Å². The van der Waals surface area contributed by atoms with E-state index in [4.69, 9.17) is 18.9 Å².